The van der Waals surface area contributed by atoms with Crippen LogP contribution in [-0.2, 0) is 6.54 Å². The number of benzene rings is 1. The number of fused-ring (bicyclic) bond motifs is 2. The summed E-state index contributed by atoms with van der Waals surface area (Å²) >= 11 is 0. The van der Waals surface area contributed by atoms with E-state index in [9.17, 15) is 0 Å². The maximum atomic E-state index is 7.89. The van der Waals surface area contributed by atoms with Gasteiger partial charge < -0.3 is 4.57 Å². The molecule has 1 aromatic carbocycles. The molecule has 4 rings (SSSR count). The summed E-state index contributed by atoms with van der Waals surface area (Å²) in [6.45, 7) is 2.88. The molecule has 2 aromatic rings. The zero-order chi connectivity index (χ0) is 19.2. The molecule has 24 heavy (non-hydrogen) atoms. The van der Waals surface area contributed by atoms with Gasteiger partial charge in [0.25, 0.3) is 0 Å². The van der Waals surface area contributed by atoms with Gasteiger partial charge in [-0.15, -0.1) is 10.2 Å². The summed E-state index contributed by atoms with van der Waals surface area (Å²) in [6.07, 6.45) is 4.33. The monoisotopic (exact) mass is 327 g/mol. The van der Waals surface area contributed by atoms with Crippen molar-refractivity contribution in [3.63, 3.8) is 0 Å². The van der Waals surface area contributed by atoms with Gasteiger partial charge in [-0.25, -0.2) is 0 Å². The van der Waals surface area contributed by atoms with E-state index in [1.165, 1.54) is 18.4 Å². The second-order valence-electron chi connectivity index (χ2n) is 7.57. The Morgan fingerprint density at radius 1 is 1.08 bits per heavy atom. The first-order valence-electron chi connectivity index (χ1n) is 10.6. The summed E-state index contributed by atoms with van der Waals surface area (Å²) in [5, 5.41) is 8.33. The molecule has 3 heterocycles. The van der Waals surface area contributed by atoms with Crippen LogP contribution < -0.4 is 0 Å². The SMILES string of the molecule is [2H]C([2H])([2H])c1nnc(C(C)C)n1C1CC2CCC(C1)N2Cc1ccccc1. The predicted molar refractivity (Wildman–Crippen MR) is 95.9 cm³/mol. The Labute approximate surface area is 149 Å². The topological polar surface area (TPSA) is 34.0 Å². The minimum atomic E-state index is -2.22. The van der Waals surface area contributed by atoms with E-state index in [1.807, 2.05) is 4.57 Å². The van der Waals surface area contributed by atoms with Crippen LogP contribution in [0.25, 0.3) is 0 Å². The average Bonchev–Trinajstić information content (AvgIpc) is 3.15. The highest BCUT2D eigenvalue weighted by Gasteiger charge is 2.42. The van der Waals surface area contributed by atoms with E-state index in [-0.39, 0.29) is 17.8 Å². The Morgan fingerprint density at radius 3 is 2.42 bits per heavy atom. The summed E-state index contributed by atoms with van der Waals surface area (Å²) in [5.41, 5.74) is 1.35. The van der Waals surface area contributed by atoms with Gasteiger partial charge in [0.1, 0.15) is 11.6 Å². The van der Waals surface area contributed by atoms with Gasteiger partial charge in [-0.1, -0.05) is 44.2 Å². The highest BCUT2D eigenvalue weighted by atomic mass is 15.3. The van der Waals surface area contributed by atoms with E-state index >= 15 is 0 Å². The number of aromatic nitrogens is 3. The van der Waals surface area contributed by atoms with Crippen LogP contribution in [0.3, 0.4) is 0 Å². The predicted octanol–water partition coefficient (Wildman–Crippen LogP) is 4.08. The summed E-state index contributed by atoms with van der Waals surface area (Å²) in [7, 11) is 0. The molecule has 1 aromatic heterocycles. The first-order valence-corrected chi connectivity index (χ1v) is 9.09. The van der Waals surface area contributed by atoms with Crippen LogP contribution in [0.1, 0.15) is 72.8 Å². The van der Waals surface area contributed by atoms with Crippen LogP contribution in [0, 0.1) is 6.85 Å². The fourth-order valence-corrected chi connectivity index (χ4v) is 4.57. The molecule has 4 nitrogen and oxygen atoms in total. The summed E-state index contributed by atoms with van der Waals surface area (Å²) in [6, 6.07) is 11.8. The molecule has 0 aliphatic carbocycles. The van der Waals surface area contributed by atoms with Crippen molar-refractivity contribution in [2.24, 2.45) is 0 Å². The van der Waals surface area contributed by atoms with Gasteiger partial charge >= 0.3 is 0 Å². The number of nitrogens with zero attached hydrogens (tertiary/aromatic N) is 4. The zero-order valence-electron chi connectivity index (χ0n) is 17.5. The fraction of sp³-hybridized carbons (Fsp3) is 0.600. The van der Waals surface area contributed by atoms with E-state index in [0.717, 1.165) is 25.2 Å². The third-order valence-corrected chi connectivity index (χ3v) is 5.67. The van der Waals surface area contributed by atoms with Gasteiger partial charge in [0.05, 0.1) is 0 Å². The standard InChI is InChI=1S/C20H28N4/c1-14(2)20-22-21-15(3)24(20)19-11-17-9-10-18(12-19)23(17)13-16-7-5-4-6-8-16/h4-8,14,17-19H,9-13H2,1-3H3/i3D3. The molecule has 128 valence electrons. The fourth-order valence-electron chi connectivity index (χ4n) is 4.57. The van der Waals surface area contributed by atoms with Crippen molar-refractivity contribution in [2.75, 3.05) is 0 Å². The molecule has 0 N–H and O–H groups in total. The van der Waals surface area contributed by atoms with Crippen LogP contribution >= 0.6 is 0 Å². The van der Waals surface area contributed by atoms with E-state index in [1.54, 1.807) is 0 Å². The molecule has 2 unspecified atom stereocenters. The first-order chi connectivity index (χ1) is 12.8. The van der Waals surface area contributed by atoms with Crippen LogP contribution in [0.15, 0.2) is 30.3 Å². The van der Waals surface area contributed by atoms with Crippen LogP contribution in [0.4, 0.5) is 0 Å². The third-order valence-electron chi connectivity index (χ3n) is 5.67. The van der Waals surface area contributed by atoms with Crippen molar-refractivity contribution in [1.29, 1.82) is 0 Å². The summed E-state index contributed by atoms with van der Waals surface area (Å²) < 4.78 is 25.6. The Hall–Kier alpha value is -1.68. The van der Waals surface area contributed by atoms with Gasteiger partial charge in [-0.2, -0.15) is 0 Å². The molecule has 2 atom stereocenters. The lowest BCUT2D eigenvalue weighted by Gasteiger charge is -2.40. The Bertz CT molecular complexity index is 770. The molecule has 0 radical (unpaired) electrons. The highest BCUT2D eigenvalue weighted by molar-refractivity contribution is 5.16. The number of hydrogen-bond acceptors (Lipinski definition) is 3. The highest BCUT2D eigenvalue weighted by Crippen LogP contribution is 2.42. The van der Waals surface area contributed by atoms with Crippen molar-refractivity contribution < 1.29 is 4.11 Å². The van der Waals surface area contributed by atoms with Crippen molar-refractivity contribution in [3.8, 4) is 0 Å². The molecule has 0 saturated carbocycles. The first kappa shape index (κ1) is 12.6. The lowest BCUT2D eigenvalue weighted by molar-refractivity contribution is 0.0973. The Balaban J connectivity index is 1.59. The van der Waals surface area contributed by atoms with E-state index in [4.69, 9.17) is 4.11 Å². The summed E-state index contributed by atoms with van der Waals surface area (Å²) in [4.78, 5) is 2.63. The van der Waals surface area contributed by atoms with Crippen LogP contribution in [-0.4, -0.2) is 31.7 Å². The second kappa shape index (κ2) is 6.32. The average molecular weight is 327 g/mol. The normalized spacial score (nSPS) is 29.5. The second-order valence-corrected chi connectivity index (χ2v) is 7.57. The van der Waals surface area contributed by atoms with E-state index in [0.29, 0.717) is 12.1 Å². The van der Waals surface area contributed by atoms with E-state index < -0.39 is 6.85 Å². The molecule has 2 bridgehead atoms. The van der Waals surface area contributed by atoms with Crippen molar-refractivity contribution in [1.82, 2.24) is 19.7 Å². The lowest BCUT2D eigenvalue weighted by atomic mass is 9.95. The Morgan fingerprint density at radius 2 is 1.79 bits per heavy atom. The van der Waals surface area contributed by atoms with Gasteiger partial charge in [0, 0.05) is 34.7 Å². The quantitative estimate of drug-likeness (QED) is 0.848. The number of hydrogen-bond donors (Lipinski definition) is 0. The van der Waals surface area contributed by atoms with Gasteiger partial charge in [0.15, 0.2) is 0 Å². The largest absolute Gasteiger partial charge is 0.312 e. The maximum Gasteiger partial charge on any atom is 0.135 e. The minimum Gasteiger partial charge on any atom is -0.312 e. The molecule has 2 aliphatic rings. The number of aryl methyl sites for hydroxylation is 1. The molecule has 2 aliphatic heterocycles. The van der Waals surface area contributed by atoms with Crippen molar-refractivity contribution >= 4 is 0 Å². The van der Waals surface area contributed by atoms with Crippen molar-refractivity contribution in [2.45, 2.75) is 77.0 Å². The molecule has 4 heteroatoms. The smallest absolute Gasteiger partial charge is 0.135 e. The van der Waals surface area contributed by atoms with E-state index in [2.05, 4.69) is 59.3 Å². The molecular weight excluding hydrogens is 296 g/mol. The van der Waals surface area contributed by atoms with Gasteiger partial charge in [-0.3, -0.25) is 4.90 Å². The summed E-state index contributed by atoms with van der Waals surface area (Å²) in [5.74, 6) is 1.13. The number of rotatable bonds is 4. The van der Waals surface area contributed by atoms with Gasteiger partial charge in [0.2, 0.25) is 0 Å². The molecule has 0 amide bonds. The Kier molecular flexibility index (Phi) is 3.33. The van der Waals surface area contributed by atoms with Crippen LogP contribution in [0.2, 0.25) is 0 Å². The molecule has 0 spiro atoms. The zero-order valence-corrected chi connectivity index (χ0v) is 14.5. The number of piperidine rings is 1. The minimum absolute atomic E-state index is 0.159. The van der Waals surface area contributed by atoms with Gasteiger partial charge in [-0.05, 0) is 38.1 Å². The maximum absolute atomic E-state index is 7.89. The van der Waals surface area contributed by atoms with Crippen LogP contribution in [0.5, 0.6) is 0 Å². The van der Waals surface area contributed by atoms with Crippen molar-refractivity contribution in [3.05, 3.63) is 47.5 Å². The molecule has 2 saturated heterocycles. The molecular formula is C20H28N4. The lowest BCUT2D eigenvalue weighted by Crippen LogP contribution is -2.43. The molecule has 2 fully saturated rings. The third kappa shape index (κ3) is 2.77.